The van der Waals surface area contributed by atoms with Crippen LogP contribution in [-0.4, -0.2) is 48.5 Å². The number of hydrogen-bond acceptors (Lipinski definition) is 8. The van der Waals surface area contributed by atoms with Crippen LogP contribution in [-0.2, 0) is 16.0 Å². The number of likely N-dealkylation sites (N-methyl/N-ethyl adjacent to an activating group) is 1. The molecule has 0 aliphatic heterocycles. The fourth-order valence-electron chi connectivity index (χ4n) is 3.22. The maximum atomic E-state index is 12.3. The van der Waals surface area contributed by atoms with Crippen LogP contribution < -0.4 is 9.64 Å². The van der Waals surface area contributed by atoms with Crippen LogP contribution >= 0.6 is 11.8 Å². The van der Waals surface area contributed by atoms with Gasteiger partial charge >= 0.3 is 5.97 Å². The summed E-state index contributed by atoms with van der Waals surface area (Å²) >= 11 is 1.40. The number of rotatable bonds is 10. The molecule has 0 bridgehead atoms. The minimum atomic E-state index is -0.373. The molecule has 0 saturated carbocycles. The van der Waals surface area contributed by atoms with Gasteiger partial charge in [0.15, 0.2) is 5.58 Å². The molecule has 170 valence electrons. The number of hydrogen-bond donors (Lipinski definition) is 0. The van der Waals surface area contributed by atoms with Gasteiger partial charge in [-0.25, -0.2) is 4.98 Å². The number of anilines is 1. The number of aromatic nitrogens is 2. The van der Waals surface area contributed by atoms with Crippen molar-refractivity contribution in [3.05, 3.63) is 78.5 Å². The first-order chi connectivity index (χ1) is 16.1. The van der Waals surface area contributed by atoms with Crippen LogP contribution in [0.5, 0.6) is 5.75 Å². The summed E-state index contributed by atoms with van der Waals surface area (Å²) in [7, 11) is 3.33. The van der Waals surface area contributed by atoms with Crippen molar-refractivity contribution in [2.24, 2.45) is 0 Å². The van der Waals surface area contributed by atoms with Crippen molar-refractivity contribution in [2.45, 2.75) is 16.7 Å². The van der Waals surface area contributed by atoms with E-state index in [1.165, 1.54) is 18.9 Å². The number of esters is 1. The van der Waals surface area contributed by atoms with E-state index < -0.39 is 0 Å². The third-order valence-corrected chi connectivity index (χ3v) is 6.14. The van der Waals surface area contributed by atoms with Gasteiger partial charge < -0.3 is 18.8 Å². The quantitative estimate of drug-likeness (QED) is 0.249. The summed E-state index contributed by atoms with van der Waals surface area (Å²) in [4.78, 5) is 23.0. The summed E-state index contributed by atoms with van der Waals surface area (Å²) in [5, 5.41) is 0.414. The molecule has 4 rings (SSSR count). The Balaban J connectivity index is 1.30. The molecule has 0 aliphatic carbocycles. The highest BCUT2D eigenvalue weighted by molar-refractivity contribution is 8.00. The van der Waals surface area contributed by atoms with Crippen molar-refractivity contribution >= 4 is 34.8 Å². The molecule has 0 fully saturated rings. The number of carbonyl (C=O) groups excluding carboxylic acids is 1. The van der Waals surface area contributed by atoms with Crippen LogP contribution in [0, 0.1) is 0 Å². The summed E-state index contributed by atoms with van der Waals surface area (Å²) in [6, 6.07) is 21.6. The highest BCUT2D eigenvalue weighted by Gasteiger charge is 2.22. The predicted molar refractivity (Wildman–Crippen MR) is 129 cm³/mol. The van der Waals surface area contributed by atoms with Gasteiger partial charge in [0.25, 0.3) is 6.01 Å². The van der Waals surface area contributed by atoms with Gasteiger partial charge in [0.2, 0.25) is 0 Å². The molecular formula is C25H25N3O4S. The van der Waals surface area contributed by atoms with Gasteiger partial charge in [-0.15, -0.1) is 0 Å². The molecular weight excluding hydrogens is 438 g/mol. The van der Waals surface area contributed by atoms with Crippen LogP contribution in [0.3, 0.4) is 0 Å². The van der Waals surface area contributed by atoms with E-state index in [0.29, 0.717) is 25.6 Å². The van der Waals surface area contributed by atoms with Crippen LogP contribution in [0.25, 0.3) is 11.1 Å². The molecule has 2 aromatic carbocycles. The standard InChI is InChI=1S/C25H25N3O4S/c1-28(25-27-20-7-3-4-8-21(20)32-25)15-16-31-19-12-10-18(11-13-19)17-22(24(29)30-2)33-23-9-5-6-14-26-23/h3-14,22H,15-17H2,1-2H3. The molecule has 2 aromatic heterocycles. The SMILES string of the molecule is COC(=O)C(Cc1ccc(OCCN(C)c2nc3ccccc3o2)cc1)Sc1ccccn1. The van der Waals surface area contributed by atoms with Gasteiger partial charge in [-0.2, -0.15) is 4.98 Å². The molecule has 4 aromatic rings. The molecule has 1 unspecified atom stereocenters. The maximum Gasteiger partial charge on any atom is 0.319 e. The van der Waals surface area contributed by atoms with Gasteiger partial charge in [0.1, 0.15) is 23.1 Å². The van der Waals surface area contributed by atoms with E-state index in [1.54, 1.807) is 6.20 Å². The van der Waals surface area contributed by atoms with E-state index in [-0.39, 0.29) is 11.2 Å². The van der Waals surface area contributed by atoms with E-state index in [2.05, 4.69) is 9.97 Å². The summed E-state index contributed by atoms with van der Waals surface area (Å²) < 4.78 is 16.6. The Kier molecular flexibility index (Phi) is 7.47. The predicted octanol–water partition coefficient (Wildman–Crippen LogP) is 4.61. The number of thioether (sulfide) groups is 1. The van der Waals surface area contributed by atoms with E-state index in [4.69, 9.17) is 13.9 Å². The Hall–Kier alpha value is -3.52. The van der Waals surface area contributed by atoms with Gasteiger partial charge in [0, 0.05) is 13.2 Å². The first-order valence-corrected chi connectivity index (χ1v) is 11.4. The van der Waals surface area contributed by atoms with Gasteiger partial charge in [0.05, 0.1) is 18.7 Å². The monoisotopic (exact) mass is 463 g/mol. The van der Waals surface area contributed by atoms with Gasteiger partial charge in [-0.05, 0) is 48.4 Å². The zero-order chi connectivity index (χ0) is 23.0. The third kappa shape index (κ3) is 6.04. The zero-order valence-corrected chi connectivity index (χ0v) is 19.3. The number of carbonyl (C=O) groups is 1. The average Bonchev–Trinajstić information content (AvgIpc) is 3.29. The molecule has 0 N–H and O–H groups in total. The van der Waals surface area contributed by atoms with Crippen molar-refractivity contribution in [3.63, 3.8) is 0 Å². The number of benzene rings is 2. The highest BCUT2D eigenvalue weighted by atomic mass is 32.2. The Morgan fingerprint density at radius 3 is 2.61 bits per heavy atom. The van der Waals surface area contributed by atoms with E-state index >= 15 is 0 Å². The molecule has 2 heterocycles. The minimum absolute atomic E-state index is 0.270. The molecule has 0 saturated heterocycles. The number of oxazole rings is 1. The summed E-state index contributed by atoms with van der Waals surface area (Å²) in [6.45, 7) is 1.11. The minimum Gasteiger partial charge on any atom is -0.492 e. The lowest BCUT2D eigenvalue weighted by atomic mass is 10.1. The molecule has 0 aliphatic rings. The Labute approximate surface area is 196 Å². The molecule has 33 heavy (non-hydrogen) atoms. The number of para-hydroxylation sites is 2. The molecule has 0 radical (unpaired) electrons. The maximum absolute atomic E-state index is 12.3. The van der Waals surface area contributed by atoms with E-state index in [1.807, 2.05) is 78.7 Å². The second-order valence-electron chi connectivity index (χ2n) is 7.38. The van der Waals surface area contributed by atoms with Crippen LogP contribution in [0.2, 0.25) is 0 Å². The van der Waals surface area contributed by atoms with Crippen LogP contribution in [0.4, 0.5) is 6.01 Å². The highest BCUT2D eigenvalue weighted by Crippen LogP contribution is 2.26. The van der Waals surface area contributed by atoms with Crippen molar-refractivity contribution in [1.29, 1.82) is 0 Å². The average molecular weight is 464 g/mol. The fourth-order valence-corrected chi connectivity index (χ4v) is 4.26. The Bertz CT molecular complexity index is 1150. The van der Waals surface area contributed by atoms with Crippen LogP contribution in [0.1, 0.15) is 5.56 Å². The Morgan fingerprint density at radius 1 is 1.09 bits per heavy atom. The summed E-state index contributed by atoms with van der Waals surface area (Å²) in [6.07, 6.45) is 2.25. The number of pyridine rings is 1. The molecule has 7 nitrogen and oxygen atoms in total. The third-order valence-electron chi connectivity index (χ3n) is 5.01. The van der Waals surface area contributed by atoms with E-state index in [9.17, 15) is 4.79 Å². The van der Waals surface area contributed by atoms with E-state index in [0.717, 1.165) is 27.4 Å². The number of nitrogens with zero attached hydrogens (tertiary/aromatic N) is 3. The first-order valence-electron chi connectivity index (χ1n) is 10.6. The lowest BCUT2D eigenvalue weighted by Gasteiger charge is -2.16. The summed E-state index contributed by atoms with van der Waals surface area (Å²) in [5.74, 6) is 0.491. The largest absolute Gasteiger partial charge is 0.492 e. The molecule has 8 heteroatoms. The molecule has 0 amide bonds. The van der Waals surface area contributed by atoms with Gasteiger partial charge in [-0.3, -0.25) is 4.79 Å². The second-order valence-corrected chi connectivity index (χ2v) is 8.60. The lowest BCUT2D eigenvalue weighted by molar-refractivity contribution is -0.139. The second kappa shape index (κ2) is 10.9. The normalized spacial score (nSPS) is 11.8. The molecule has 1 atom stereocenters. The first kappa shape index (κ1) is 22.7. The van der Waals surface area contributed by atoms with Crippen LogP contribution in [0.15, 0.2) is 82.4 Å². The Morgan fingerprint density at radius 2 is 1.88 bits per heavy atom. The smallest absolute Gasteiger partial charge is 0.319 e. The van der Waals surface area contributed by atoms with Crippen molar-refractivity contribution in [2.75, 3.05) is 32.2 Å². The van der Waals surface area contributed by atoms with Gasteiger partial charge in [-0.1, -0.05) is 42.1 Å². The number of ether oxygens (including phenoxy) is 2. The number of methoxy groups -OCH3 is 1. The van der Waals surface area contributed by atoms with Crippen molar-refractivity contribution in [3.8, 4) is 5.75 Å². The topological polar surface area (TPSA) is 77.7 Å². The number of fused-ring (bicyclic) bond motifs is 1. The fraction of sp³-hybridized carbons (Fsp3) is 0.240. The van der Waals surface area contributed by atoms with Crippen molar-refractivity contribution in [1.82, 2.24) is 9.97 Å². The zero-order valence-electron chi connectivity index (χ0n) is 18.5. The van der Waals surface area contributed by atoms with Crippen molar-refractivity contribution < 1.29 is 18.7 Å². The summed E-state index contributed by atoms with van der Waals surface area (Å²) in [5.41, 5.74) is 2.62. The lowest BCUT2D eigenvalue weighted by Crippen LogP contribution is -2.24. The molecule has 0 spiro atoms.